The fourth-order valence-corrected chi connectivity index (χ4v) is 2.84. The topological polar surface area (TPSA) is 34.1 Å². The average molecular weight is 268 g/mol. The second-order valence-corrected chi connectivity index (χ2v) is 5.73. The van der Waals surface area contributed by atoms with Gasteiger partial charge in [-0.05, 0) is 37.3 Å². The molecule has 3 nitrogen and oxygen atoms in total. The average Bonchev–Trinajstić information content (AvgIpc) is 2.35. The van der Waals surface area contributed by atoms with E-state index in [1.54, 1.807) is 6.20 Å². The van der Waals surface area contributed by atoms with E-state index in [0.717, 1.165) is 17.4 Å². The zero-order valence-corrected chi connectivity index (χ0v) is 12.6. The van der Waals surface area contributed by atoms with Crippen molar-refractivity contribution in [1.82, 2.24) is 10.3 Å². The first kappa shape index (κ1) is 15.3. The van der Waals surface area contributed by atoms with E-state index in [1.807, 2.05) is 31.9 Å². The van der Waals surface area contributed by atoms with Gasteiger partial charge in [0.25, 0.3) is 0 Å². The highest BCUT2D eigenvalue weighted by Gasteiger charge is 2.11. The lowest BCUT2D eigenvalue weighted by Crippen LogP contribution is -2.19. The Morgan fingerprint density at radius 1 is 1.33 bits per heavy atom. The number of hydrogen-bond donors (Lipinski definition) is 1. The third-order valence-electron chi connectivity index (χ3n) is 2.53. The molecule has 0 saturated carbocycles. The third-order valence-corrected chi connectivity index (χ3v) is 4.00. The van der Waals surface area contributed by atoms with Gasteiger partial charge in [-0.3, -0.25) is 4.98 Å². The van der Waals surface area contributed by atoms with Crippen molar-refractivity contribution >= 4 is 11.8 Å². The van der Waals surface area contributed by atoms with Crippen LogP contribution in [0.4, 0.5) is 0 Å². The summed E-state index contributed by atoms with van der Waals surface area (Å²) < 4.78 is 5.49. The van der Waals surface area contributed by atoms with Gasteiger partial charge in [-0.1, -0.05) is 13.8 Å². The van der Waals surface area contributed by atoms with Gasteiger partial charge >= 0.3 is 0 Å². The number of nitrogens with one attached hydrogen (secondary N) is 1. The monoisotopic (exact) mass is 268 g/mol. The molecular formula is C14H24N2OS. The van der Waals surface area contributed by atoms with E-state index >= 15 is 0 Å². The molecule has 102 valence electrons. The van der Waals surface area contributed by atoms with Gasteiger partial charge in [0.1, 0.15) is 5.75 Å². The van der Waals surface area contributed by atoms with Crippen LogP contribution in [-0.4, -0.2) is 30.1 Å². The Morgan fingerprint density at radius 2 is 2.11 bits per heavy atom. The highest BCUT2D eigenvalue weighted by molar-refractivity contribution is 7.99. The SMILES string of the molecule is CCOc1cncc(C(CSCC(C)C)NC)c1. The van der Waals surface area contributed by atoms with Gasteiger partial charge in [-0.25, -0.2) is 0 Å². The summed E-state index contributed by atoms with van der Waals surface area (Å²) in [5.41, 5.74) is 1.19. The molecule has 0 spiro atoms. The van der Waals surface area contributed by atoms with Gasteiger partial charge in [0, 0.05) is 18.0 Å². The lowest BCUT2D eigenvalue weighted by Gasteiger charge is -2.17. The summed E-state index contributed by atoms with van der Waals surface area (Å²) >= 11 is 1.98. The molecule has 1 N–H and O–H groups in total. The summed E-state index contributed by atoms with van der Waals surface area (Å²) in [6, 6.07) is 2.41. The molecule has 0 aromatic carbocycles. The quantitative estimate of drug-likeness (QED) is 0.785. The summed E-state index contributed by atoms with van der Waals surface area (Å²) in [5.74, 6) is 3.84. The molecule has 18 heavy (non-hydrogen) atoms. The predicted octanol–water partition coefficient (Wildman–Crippen LogP) is 3.13. The van der Waals surface area contributed by atoms with Crippen LogP contribution in [0.1, 0.15) is 32.4 Å². The molecular weight excluding hydrogens is 244 g/mol. The predicted molar refractivity (Wildman–Crippen MR) is 79.4 cm³/mol. The second kappa shape index (κ2) is 8.38. The summed E-state index contributed by atoms with van der Waals surface area (Å²) in [6.07, 6.45) is 3.68. The summed E-state index contributed by atoms with van der Waals surface area (Å²) in [5, 5.41) is 3.35. The molecule has 0 bridgehead atoms. The van der Waals surface area contributed by atoms with Crippen molar-refractivity contribution < 1.29 is 4.74 Å². The van der Waals surface area contributed by atoms with Crippen molar-refractivity contribution in [1.29, 1.82) is 0 Å². The van der Waals surface area contributed by atoms with Crippen molar-refractivity contribution in [3.05, 3.63) is 24.0 Å². The largest absolute Gasteiger partial charge is 0.492 e. The summed E-state index contributed by atoms with van der Waals surface area (Å²) in [6.45, 7) is 7.16. The minimum Gasteiger partial charge on any atom is -0.492 e. The van der Waals surface area contributed by atoms with Crippen molar-refractivity contribution in [2.45, 2.75) is 26.8 Å². The maximum absolute atomic E-state index is 5.49. The minimum absolute atomic E-state index is 0.335. The molecule has 1 unspecified atom stereocenters. The molecule has 0 aliphatic carbocycles. The van der Waals surface area contributed by atoms with E-state index in [2.05, 4.69) is 30.2 Å². The highest BCUT2D eigenvalue weighted by atomic mass is 32.2. The van der Waals surface area contributed by atoms with Crippen LogP contribution in [-0.2, 0) is 0 Å². The lowest BCUT2D eigenvalue weighted by molar-refractivity contribution is 0.338. The maximum Gasteiger partial charge on any atom is 0.137 e. The molecule has 1 heterocycles. The highest BCUT2D eigenvalue weighted by Crippen LogP contribution is 2.22. The molecule has 0 radical (unpaired) electrons. The number of pyridine rings is 1. The molecule has 1 aromatic rings. The van der Waals surface area contributed by atoms with E-state index in [0.29, 0.717) is 12.6 Å². The van der Waals surface area contributed by atoms with Gasteiger partial charge in [0.15, 0.2) is 0 Å². The molecule has 0 fully saturated rings. The van der Waals surface area contributed by atoms with Gasteiger partial charge in [-0.2, -0.15) is 11.8 Å². The molecule has 1 atom stereocenters. The van der Waals surface area contributed by atoms with E-state index in [4.69, 9.17) is 4.74 Å². The van der Waals surface area contributed by atoms with Crippen molar-refractivity contribution in [3.63, 3.8) is 0 Å². The first-order valence-electron chi connectivity index (χ1n) is 6.50. The molecule has 1 rings (SSSR count). The number of thioether (sulfide) groups is 1. The Morgan fingerprint density at radius 3 is 2.72 bits per heavy atom. The van der Waals surface area contributed by atoms with Crippen LogP contribution in [0, 0.1) is 5.92 Å². The first-order chi connectivity index (χ1) is 8.67. The van der Waals surface area contributed by atoms with Crippen LogP contribution < -0.4 is 10.1 Å². The summed E-state index contributed by atoms with van der Waals surface area (Å²) in [4.78, 5) is 4.24. The third kappa shape index (κ3) is 5.27. The number of aromatic nitrogens is 1. The Balaban J connectivity index is 2.60. The van der Waals surface area contributed by atoms with Crippen molar-refractivity contribution in [2.75, 3.05) is 25.2 Å². The lowest BCUT2D eigenvalue weighted by atomic mass is 10.1. The standard InChI is InChI=1S/C14H24N2OS/c1-5-17-13-6-12(7-16-8-13)14(15-4)10-18-9-11(2)3/h6-8,11,14-15H,5,9-10H2,1-4H3. The van der Waals surface area contributed by atoms with Gasteiger partial charge < -0.3 is 10.1 Å². The second-order valence-electron chi connectivity index (χ2n) is 4.66. The summed E-state index contributed by atoms with van der Waals surface area (Å²) in [7, 11) is 1.99. The molecule has 0 aliphatic heterocycles. The normalized spacial score (nSPS) is 12.7. The Labute approximate surface area is 115 Å². The van der Waals surface area contributed by atoms with E-state index in [1.165, 1.54) is 11.3 Å². The van der Waals surface area contributed by atoms with Crippen molar-refractivity contribution in [3.8, 4) is 5.75 Å². The fraction of sp³-hybridized carbons (Fsp3) is 0.643. The maximum atomic E-state index is 5.49. The fourth-order valence-electron chi connectivity index (χ4n) is 1.64. The number of hydrogen-bond acceptors (Lipinski definition) is 4. The number of nitrogens with zero attached hydrogens (tertiary/aromatic N) is 1. The van der Waals surface area contributed by atoms with Crippen LogP contribution in [0.15, 0.2) is 18.5 Å². The van der Waals surface area contributed by atoms with Gasteiger partial charge in [0.2, 0.25) is 0 Å². The molecule has 4 heteroatoms. The Bertz CT molecular complexity index is 344. The van der Waals surface area contributed by atoms with Crippen LogP contribution in [0.3, 0.4) is 0 Å². The Kier molecular flexibility index (Phi) is 7.13. The van der Waals surface area contributed by atoms with Crippen LogP contribution in [0.2, 0.25) is 0 Å². The van der Waals surface area contributed by atoms with Gasteiger partial charge in [0.05, 0.1) is 12.8 Å². The molecule has 0 aliphatic rings. The van der Waals surface area contributed by atoms with Crippen molar-refractivity contribution in [2.24, 2.45) is 5.92 Å². The first-order valence-corrected chi connectivity index (χ1v) is 7.65. The van der Waals surface area contributed by atoms with E-state index < -0.39 is 0 Å². The van der Waals surface area contributed by atoms with Gasteiger partial charge in [-0.15, -0.1) is 0 Å². The molecule has 1 aromatic heterocycles. The zero-order chi connectivity index (χ0) is 13.4. The van der Waals surface area contributed by atoms with E-state index in [9.17, 15) is 0 Å². The van der Waals surface area contributed by atoms with Crippen LogP contribution in [0.25, 0.3) is 0 Å². The van der Waals surface area contributed by atoms with E-state index in [-0.39, 0.29) is 0 Å². The molecule has 0 saturated heterocycles. The minimum atomic E-state index is 0.335. The van der Waals surface area contributed by atoms with Crippen LogP contribution >= 0.6 is 11.8 Å². The smallest absolute Gasteiger partial charge is 0.137 e. The zero-order valence-electron chi connectivity index (χ0n) is 11.8. The number of ether oxygens (including phenoxy) is 1. The number of rotatable bonds is 8. The van der Waals surface area contributed by atoms with Crippen LogP contribution in [0.5, 0.6) is 5.75 Å². The Hall–Kier alpha value is -0.740. The molecule has 0 amide bonds.